The average molecular weight is 271 g/mol. The molecule has 0 aromatic carbocycles. The molecule has 3 amide bonds. The zero-order valence-corrected chi connectivity index (χ0v) is 12.3. The Kier molecular flexibility index (Phi) is 5.60. The summed E-state index contributed by atoms with van der Waals surface area (Å²) in [6.07, 6.45) is 0.869. The zero-order valence-electron chi connectivity index (χ0n) is 12.3. The number of amides is 3. The van der Waals surface area contributed by atoms with E-state index < -0.39 is 6.04 Å². The molecule has 0 bridgehead atoms. The first-order valence-electron chi connectivity index (χ1n) is 6.79. The quantitative estimate of drug-likeness (QED) is 0.794. The van der Waals surface area contributed by atoms with E-state index in [0.717, 1.165) is 6.42 Å². The SMILES string of the molecule is CCCNC(=O)C1COCCN1C(=O)NC(C)(C)C. The molecule has 0 spiro atoms. The van der Waals surface area contributed by atoms with Crippen molar-refractivity contribution in [2.45, 2.75) is 45.7 Å². The Balaban J connectivity index is 2.66. The molecule has 1 aliphatic heterocycles. The summed E-state index contributed by atoms with van der Waals surface area (Å²) >= 11 is 0. The number of carbonyl (C=O) groups is 2. The third-order valence-corrected chi connectivity index (χ3v) is 2.72. The fraction of sp³-hybridized carbons (Fsp3) is 0.846. The molecule has 1 fully saturated rings. The molecule has 6 heteroatoms. The maximum atomic E-state index is 12.2. The van der Waals surface area contributed by atoms with E-state index in [1.54, 1.807) is 4.90 Å². The van der Waals surface area contributed by atoms with Gasteiger partial charge in [-0.25, -0.2) is 4.79 Å². The lowest BCUT2D eigenvalue weighted by molar-refractivity contribution is -0.130. The summed E-state index contributed by atoms with van der Waals surface area (Å²) in [6, 6.07) is -0.755. The van der Waals surface area contributed by atoms with Gasteiger partial charge in [0.2, 0.25) is 5.91 Å². The number of hydrogen-bond donors (Lipinski definition) is 2. The van der Waals surface area contributed by atoms with Crippen molar-refractivity contribution in [3.8, 4) is 0 Å². The van der Waals surface area contributed by atoms with Crippen LogP contribution in [-0.4, -0.2) is 54.7 Å². The molecule has 19 heavy (non-hydrogen) atoms. The van der Waals surface area contributed by atoms with E-state index in [2.05, 4.69) is 10.6 Å². The summed E-state index contributed by atoms with van der Waals surface area (Å²) in [4.78, 5) is 25.8. The Bertz CT molecular complexity index is 326. The monoisotopic (exact) mass is 271 g/mol. The molecule has 0 radical (unpaired) electrons. The standard InChI is InChI=1S/C13H25N3O3/c1-5-6-14-11(17)10-9-19-8-7-16(10)12(18)15-13(2,3)4/h10H,5-9H2,1-4H3,(H,14,17)(H,15,18). The van der Waals surface area contributed by atoms with Crippen molar-refractivity contribution in [3.63, 3.8) is 0 Å². The predicted molar refractivity (Wildman–Crippen MR) is 72.9 cm³/mol. The minimum absolute atomic E-state index is 0.148. The number of ether oxygens (including phenoxy) is 1. The van der Waals surface area contributed by atoms with Gasteiger partial charge in [-0.05, 0) is 27.2 Å². The van der Waals surface area contributed by atoms with Gasteiger partial charge in [0.05, 0.1) is 13.2 Å². The number of hydrogen-bond acceptors (Lipinski definition) is 3. The van der Waals surface area contributed by atoms with Gasteiger partial charge in [0.1, 0.15) is 6.04 Å². The number of rotatable bonds is 3. The molecule has 6 nitrogen and oxygen atoms in total. The van der Waals surface area contributed by atoms with Crippen LogP contribution in [0.5, 0.6) is 0 Å². The Morgan fingerprint density at radius 1 is 1.37 bits per heavy atom. The first kappa shape index (κ1) is 15.8. The minimum atomic E-state index is -0.539. The minimum Gasteiger partial charge on any atom is -0.377 e. The molecule has 0 aliphatic carbocycles. The molecule has 0 aromatic heterocycles. The van der Waals surface area contributed by atoms with Crippen LogP contribution in [0.25, 0.3) is 0 Å². The lowest BCUT2D eigenvalue weighted by atomic mass is 10.1. The highest BCUT2D eigenvalue weighted by Gasteiger charge is 2.33. The van der Waals surface area contributed by atoms with E-state index in [-0.39, 0.29) is 24.1 Å². The van der Waals surface area contributed by atoms with Crippen molar-refractivity contribution in [2.24, 2.45) is 0 Å². The maximum absolute atomic E-state index is 12.2. The van der Waals surface area contributed by atoms with E-state index in [9.17, 15) is 9.59 Å². The first-order chi connectivity index (χ1) is 8.85. The average Bonchev–Trinajstić information content (AvgIpc) is 2.34. The Labute approximate surface area is 114 Å². The molecule has 0 saturated carbocycles. The maximum Gasteiger partial charge on any atom is 0.318 e. The van der Waals surface area contributed by atoms with Crippen molar-refractivity contribution >= 4 is 11.9 Å². The third kappa shape index (κ3) is 5.06. The second kappa shape index (κ2) is 6.75. The van der Waals surface area contributed by atoms with Gasteiger partial charge in [-0.1, -0.05) is 6.92 Å². The van der Waals surface area contributed by atoms with E-state index >= 15 is 0 Å². The van der Waals surface area contributed by atoms with E-state index in [4.69, 9.17) is 4.74 Å². The highest BCUT2D eigenvalue weighted by atomic mass is 16.5. The lowest BCUT2D eigenvalue weighted by Crippen LogP contribution is -2.60. The van der Waals surface area contributed by atoms with Crippen LogP contribution in [-0.2, 0) is 9.53 Å². The van der Waals surface area contributed by atoms with Crippen LogP contribution in [0.4, 0.5) is 4.79 Å². The lowest BCUT2D eigenvalue weighted by Gasteiger charge is -2.36. The van der Waals surface area contributed by atoms with Gasteiger partial charge in [-0.2, -0.15) is 0 Å². The molecule has 1 aliphatic rings. The van der Waals surface area contributed by atoms with Gasteiger partial charge < -0.3 is 20.3 Å². The summed E-state index contributed by atoms with van der Waals surface area (Å²) in [5, 5.41) is 5.69. The van der Waals surface area contributed by atoms with Gasteiger partial charge in [0, 0.05) is 18.6 Å². The van der Waals surface area contributed by atoms with Crippen LogP contribution in [0.3, 0.4) is 0 Å². The van der Waals surface area contributed by atoms with Crippen molar-refractivity contribution in [1.82, 2.24) is 15.5 Å². The highest BCUT2D eigenvalue weighted by molar-refractivity contribution is 5.87. The van der Waals surface area contributed by atoms with Crippen LogP contribution in [0.15, 0.2) is 0 Å². The van der Waals surface area contributed by atoms with Crippen LogP contribution in [0.2, 0.25) is 0 Å². The molecule has 110 valence electrons. The molecule has 1 unspecified atom stereocenters. The largest absolute Gasteiger partial charge is 0.377 e. The van der Waals surface area contributed by atoms with Gasteiger partial charge >= 0.3 is 6.03 Å². The van der Waals surface area contributed by atoms with E-state index in [0.29, 0.717) is 19.7 Å². The second-order valence-electron chi connectivity index (χ2n) is 5.76. The number of nitrogens with one attached hydrogen (secondary N) is 2. The van der Waals surface area contributed by atoms with Crippen LogP contribution >= 0.6 is 0 Å². The Hall–Kier alpha value is -1.30. The van der Waals surface area contributed by atoms with Gasteiger partial charge in [-0.3, -0.25) is 4.79 Å². The first-order valence-corrected chi connectivity index (χ1v) is 6.79. The fourth-order valence-electron chi connectivity index (χ4n) is 1.82. The second-order valence-corrected chi connectivity index (χ2v) is 5.76. The zero-order chi connectivity index (χ0) is 14.5. The smallest absolute Gasteiger partial charge is 0.318 e. The van der Waals surface area contributed by atoms with Crippen LogP contribution in [0, 0.1) is 0 Å². The van der Waals surface area contributed by atoms with Crippen LogP contribution in [0.1, 0.15) is 34.1 Å². The van der Waals surface area contributed by atoms with Crippen molar-refractivity contribution < 1.29 is 14.3 Å². The number of morpholine rings is 1. The van der Waals surface area contributed by atoms with Gasteiger partial charge in [0.15, 0.2) is 0 Å². The van der Waals surface area contributed by atoms with Crippen LogP contribution < -0.4 is 10.6 Å². The molecule has 1 rings (SSSR count). The summed E-state index contributed by atoms with van der Waals surface area (Å²) in [6.45, 7) is 9.51. The molecule has 1 saturated heterocycles. The molecule has 0 aromatic rings. The number of nitrogens with zero attached hydrogens (tertiary/aromatic N) is 1. The fourth-order valence-corrected chi connectivity index (χ4v) is 1.82. The summed E-state index contributed by atoms with van der Waals surface area (Å²) in [7, 11) is 0. The third-order valence-electron chi connectivity index (χ3n) is 2.72. The molecule has 1 heterocycles. The van der Waals surface area contributed by atoms with E-state index in [1.165, 1.54) is 0 Å². The summed E-state index contributed by atoms with van der Waals surface area (Å²) in [5.41, 5.74) is -0.320. The normalized spacial score (nSPS) is 20.0. The number of urea groups is 1. The molecular weight excluding hydrogens is 246 g/mol. The molecule has 1 atom stereocenters. The van der Waals surface area contributed by atoms with E-state index in [1.807, 2.05) is 27.7 Å². The van der Waals surface area contributed by atoms with Crippen molar-refractivity contribution in [1.29, 1.82) is 0 Å². The predicted octanol–water partition coefficient (Wildman–Crippen LogP) is 0.722. The Morgan fingerprint density at radius 2 is 2.05 bits per heavy atom. The molecular formula is C13H25N3O3. The highest BCUT2D eigenvalue weighted by Crippen LogP contribution is 2.10. The van der Waals surface area contributed by atoms with Gasteiger partial charge in [-0.15, -0.1) is 0 Å². The topological polar surface area (TPSA) is 70.7 Å². The van der Waals surface area contributed by atoms with Gasteiger partial charge in [0.25, 0.3) is 0 Å². The number of carbonyl (C=O) groups excluding carboxylic acids is 2. The summed E-state index contributed by atoms with van der Waals surface area (Å²) < 4.78 is 5.31. The Morgan fingerprint density at radius 3 is 2.63 bits per heavy atom. The summed E-state index contributed by atoms with van der Waals surface area (Å²) in [5.74, 6) is -0.148. The van der Waals surface area contributed by atoms with Crippen molar-refractivity contribution in [2.75, 3.05) is 26.3 Å². The molecule has 2 N–H and O–H groups in total. The van der Waals surface area contributed by atoms with Crippen molar-refractivity contribution in [3.05, 3.63) is 0 Å².